The van der Waals surface area contributed by atoms with Crippen LogP contribution in [0.3, 0.4) is 0 Å². The summed E-state index contributed by atoms with van der Waals surface area (Å²) in [6.45, 7) is 0.595. The van der Waals surface area contributed by atoms with Crippen molar-refractivity contribution in [3.05, 3.63) is 58.9 Å². The van der Waals surface area contributed by atoms with Gasteiger partial charge in [-0.25, -0.2) is 19.0 Å². The van der Waals surface area contributed by atoms with Gasteiger partial charge in [-0.05, 0) is 17.7 Å². The predicted octanol–water partition coefficient (Wildman–Crippen LogP) is 3.05. The molecule has 0 spiro atoms. The zero-order valence-electron chi connectivity index (χ0n) is 15.2. The number of aliphatic hydroxyl groups excluding tert-OH is 1. The Labute approximate surface area is 174 Å². The Balaban J connectivity index is 1.50. The number of carboxylic acids is 1. The minimum absolute atomic E-state index is 0.00837. The van der Waals surface area contributed by atoms with Crippen molar-refractivity contribution in [1.29, 1.82) is 0 Å². The summed E-state index contributed by atoms with van der Waals surface area (Å²) in [4.78, 5) is 28.4. The van der Waals surface area contributed by atoms with Gasteiger partial charge >= 0.3 is 12.1 Å². The second-order valence-corrected chi connectivity index (χ2v) is 8.47. The van der Waals surface area contributed by atoms with Gasteiger partial charge in [0, 0.05) is 24.1 Å². The van der Waals surface area contributed by atoms with E-state index in [1.165, 1.54) is 40.6 Å². The molecule has 0 unspecified atom stereocenters. The third kappa shape index (κ3) is 6.02. The fourth-order valence-electron chi connectivity index (χ4n) is 2.72. The molecule has 0 aliphatic carbocycles. The van der Waals surface area contributed by atoms with E-state index in [9.17, 15) is 19.1 Å². The standard InChI is InChI=1S/C19H19FN2O5S2/c20-13-3-1-12(2-4-13)9-15(23)6-5-14-10-27-19(26)22(14)7-8-28-18-21-16(11-29-18)17(24)25/h1-6,11,14-15,23H,7-10H2,(H,24,25)/b6-5+/t14-,15+/m0/s1. The van der Waals surface area contributed by atoms with Gasteiger partial charge in [0.2, 0.25) is 0 Å². The summed E-state index contributed by atoms with van der Waals surface area (Å²) in [5.41, 5.74) is 0.814. The third-order valence-electron chi connectivity index (χ3n) is 4.19. The van der Waals surface area contributed by atoms with Crippen molar-refractivity contribution in [2.75, 3.05) is 18.9 Å². The highest BCUT2D eigenvalue weighted by Gasteiger charge is 2.30. The maximum atomic E-state index is 12.9. The molecular weight excluding hydrogens is 419 g/mol. The molecule has 2 atom stereocenters. The van der Waals surface area contributed by atoms with Crippen molar-refractivity contribution in [2.45, 2.75) is 22.9 Å². The van der Waals surface area contributed by atoms with Crippen molar-refractivity contribution in [3.8, 4) is 0 Å². The average Bonchev–Trinajstić information content (AvgIpc) is 3.30. The molecule has 0 saturated carbocycles. The van der Waals surface area contributed by atoms with Gasteiger partial charge in [0.05, 0.1) is 12.1 Å². The second-order valence-electron chi connectivity index (χ2n) is 6.27. The Morgan fingerprint density at radius 1 is 1.45 bits per heavy atom. The molecule has 154 valence electrons. The average molecular weight is 439 g/mol. The molecule has 0 bridgehead atoms. The lowest BCUT2D eigenvalue weighted by molar-refractivity contribution is 0.0690. The van der Waals surface area contributed by atoms with E-state index in [1.54, 1.807) is 29.2 Å². The summed E-state index contributed by atoms with van der Waals surface area (Å²) >= 11 is 2.61. The van der Waals surface area contributed by atoms with Crippen LogP contribution in [-0.4, -0.2) is 63.2 Å². The molecule has 1 aromatic heterocycles. The molecule has 0 radical (unpaired) electrons. The van der Waals surface area contributed by atoms with E-state index in [4.69, 9.17) is 9.84 Å². The van der Waals surface area contributed by atoms with Crippen LogP contribution in [0.4, 0.5) is 9.18 Å². The molecule has 1 saturated heterocycles. The number of carbonyl (C=O) groups is 2. The third-order valence-corrected chi connectivity index (χ3v) is 6.19. The van der Waals surface area contributed by atoms with Crippen LogP contribution in [0.15, 0.2) is 46.1 Å². The lowest BCUT2D eigenvalue weighted by Gasteiger charge is -2.18. The zero-order chi connectivity index (χ0) is 20.8. The van der Waals surface area contributed by atoms with Gasteiger partial charge in [-0.1, -0.05) is 36.0 Å². The summed E-state index contributed by atoms with van der Waals surface area (Å²) in [7, 11) is 0. The van der Waals surface area contributed by atoms with Crippen LogP contribution in [0.25, 0.3) is 0 Å². The first-order chi connectivity index (χ1) is 13.9. The van der Waals surface area contributed by atoms with Crippen molar-refractivity contribution in [2.24, 2.45) is 0 Å². The van der Waals surface area contributed by atoms with E-state index in [0.717, 1.165) is 5.56 Å². The number of nitrogens with zero attached hydrogens (tertiary/aromatic N) is 2. The van der Waals surface area contributed by atoms with E-state index >= 15 is 0 Å². The summed E-state index contributed by atoms with van der Waals surface area (Å²) in [6.07, 6.45) is 2.48. The number of hydrogen-bond donors (Lipinski definition) is 2. The van der Waals surface area contributed by atoms with Crippen molar-refractivity contribution < 1.29 is 28.9 Å². The monoisotopic (exact) mass is 438 g/mol. The molecule has 10 heteroatoms. The van der Waals surface area contributed by atoms with E-state index in [2.05, 4.69) is 4.98 Å². The summed E-state index contributed by atoms with van der Waals surface area (Å²) in [5, 5.41) is 20.5. The number of amides is 1. The molecule has 1 aliphatic heterocycles. The van der Waals surface area contributed by atoms with Gasteiger partial charge in [0.15, 0.2) is 10.0 Å². The van der Waals surface area contributed by atoms with Gasteiger partial charge in [-0.15, -0.1) is 11.3 Å². The number of cyclic esters (lactones) is 1. The number of carbonyl (C=O) groups excluding carboxylic acids is 1. The van der Waals surface area contributed by atoms with Crippen LogP contribution in [0.1, 0.15) is 16.1 Å². The number of thioether (sulfide) groups is 1. The van der Waals surface area contributed by atoms with Gasteiger partial charge in [0.25, 0.3) is 0 Å². The highest BCUT2D eigenvalue weighted by molar-refractivity contribution is 8.01. The number of rotatable bonds is 9. The maximum absolute atomic E-state index is 12.9. The fraction of sp³-hybridized carbons (Fsp3) is 0.316. The number of hydrogen-bond acceptors (Lipinski definition) is 7. The van der Waals surface area contributed by atoms with Crippen molar-refractivity contribution in [1.82, 2.24) is 9.88 Å². The molecule has 2 heterocycles. The smallest absolute Gasteiger partial charge is 0.410 e. The lowest BCUT2D eigenvalue weighted by atomic mass is 10.1. The Kier molecular flexibility index (Phi) is 7.24. The second kappa shape index (κ2) is 9.86. The normalized spacial score (nSPS) is 17.7. The SMILES string of the molecule is O=C(O)c1csc(SCCN2C(=O)OC[C@@H]2/C=C/[C@@H](O)Cc2ccc(F)cc2)n1. The first-order valence-corrected chi connectivity index (χ1v) is 10.6. The van der Waals surface area contributed by atoms with Crippen LogP contribution >= 0.6 is 23.1 Å². The highest BCUT2D eigenvalue weighted by Crippen LogP contribution is 2.24. The Morgan fingerprint density at radius 2 is 2.21 bits per heavy atom. The highest BCUT2D eigenvalue weighted by atomic mass is 32.2. The molecule has 2 N–H and O–H groups in total. The molecule has 7 nitrogen and oxygen atoms in total. The molecule has 1 aromatic carbocycles. The number of carboxylic acid groups (broad SMARTS) is 1. The Hall–Kier alpha value is -2.43. The predicted molar refractivity (Wildman–Crippen MR) is 107 cm³/mol. The van der Waals surface area contributed by atoms with Crippen LogP contribution in [0, 0.1) is 5.82 Å². The number of halogens is 1. The number of aromatic carboxylic acids is 1. The van der Waals surface area contributed by atoms with Gasteiger partial charge in [-0.2, -0.15) is 0 Å². The number of ether oxygens (including phenoxy) is 1. The van der Waals surface area contributed by atoms with Crippen LogP contribution in [-0.2, 0) is 11.2 Å². The lowest BCUT2D eigenvalue weighted by Crippen LogP contribution is -2.34. The number of aliphatic hydroxyl groups is 1. The Bertz CT molecular complexity index is 887. The quantitative estimate of drug-likeness (QED) is 0.458. The molecule has 2 aromatic rings. The van der Waals surface area contributed by atoms with Gasteiger partial charge < -0.3 is 14.9 Å². The van der Waals surface area contributed by atoms with Gasteiger partial charge in [-0.3, -0.25) is 4.90 Å². The largest absolute Gasteiger partial charge is 0.476 e. The van der Waals surface area contributed by atoms with E-state index in [1.807, 2.05) is 0 Å². The number of benzene rings is 1. The molecule has 1 aliphatic rings. The van der Waals surface area contributed by atoms with Crippen molar-refractivity contribution in [3.63, 3.8) is 0 Å². The number of thiazole rings is 1. The molecule has 1 fully saturated rings. The van der Waals surface area contributed by atoms with Crippen LogP contribution in [0.2, 0.25) is 0 Å². The van der Waals surface area contributed by atoms with E-state index < -0.39 is 18.2 Å². The first kappa shape index (κ1) is 21.3. The molecule has 3 rings (SSSR count). The summed E-state index contributed by atoms with van der Waals surface area (Å²) in [6, 6.07) is 5.63. The summed E-state index contributed by atoms with van der Waals surface area (Å²) in [5.74, 6) is -0.865. The minimum atomic E-state index is -1.07. The van der Waals surface area contributed by atoms with E-state index in [-0.39, 0.29) is 24.2 Å². The van der Waals surface area contributed by atoms with Crippen molar-refractivity contribution >= 4 is 35.2 Å². The minimum Gasteiger partial charge on any atom is -0.476 e. The van der Waals surface area contributed by atoms with Crippen LogP contribution in [0.5, 0.6) is 0 Å². The molecular formula is C19H19FN2O5S2. The number of aromatic nitrogens is 1. The fourth-order valence-corrected chi connectivity index (χ4v) is 4.53. The molecule has 29 heavy (non-hydrogen) atoms. The maximum Gasteiger partial charge on any atom is 0.410 e. The Morgan fingerprint density at radius 3 is 2.90 bits per heavy atom. The van der Waals surface area contributed by atoms with Gasteiger partial charge in [0.1, 0.15) is 12.4 Å². The van der Waals surface area contributed by atoms with E-state index in [0.29, 0.717) is 23.1 Å². The molecule has 1 amide bonds. The topological polar surface area (TPSA) is 100.0 Å². The summed E-state index contributed by atoms with van der Waals surface area (Å²) < 4.78 is 18.7. The van der Waals surface area contributed by atoms with Crippen LogP contribution < -0.4 is 0 Å². The first-order valence-electron chi connectivity index (χ1n) is 8.78. The zero-order valence-corrected chi connectivity index (χ0v) is 16.9.